The highest BCUT2D eigenvalue weighted by atomic mass is 14.7. The summed E-state index contributed by atoms with van der Waals surface area (Å²) in [6.45, 7) is 4.27. The van der Waals surface area contributed by atoms with E-state index in [1.807, 2.05) is 54.7 Å². The molecule has 0 aliphatic rings. The number of nitrogens with one attached hydrogen (secondary N) is 1. The summed E-state index contributed by atoms with van der Waals surface area (Å²) >= 11 is 0. The molecule has 0 radical (unpaired) electrons. The Kier molecular flexibility index (Phi) is 6.26. The second-order valence-corrected chi connectivity index (χ2v) is 5.63. The zero-order chi connectivity index (χ0) is 17.4. The molecule has 2 aromatic carbocycles. The molecule has 0 bridgehead atoms. The number of H-pyrrole nitrogens is 1. The minimum atomic E-state index is 0.621. The molecule has 0 saturated heterocycles. The molecular weight excluding hydrogens is 294 g/mol. The van der Waals surface area contributed by atoms with Crippen molar-refractivity contribution in [1.82, 2.24) is 4.98 Å². The Bertz CT molecular complexity index is 786. The van der Waals surface area contributed by atoms with Gasteiger partial charge < -0.3 is 16.5 Å². The van der Waals surface area contributed by atoms with Gasteiger partial charge in [-0.2, -0.15) is 0 Å². The van der Waals surface area contributed by atoms with Gasteiger partial charge in [-0.05, 0) is 48.2 Å². The van der Waals surface area contributed by atoms with Crippen LogP contribution in [0, 0.1) is 6.92 Å². The third kappa shape index (κ3) is 5.06. The summed E-state index contributed by atoms with van der Waals surface area (Å²) in [7, 11) is 0. The summed E-state index contributed by atoms with van der Waals surface area (Å²) in [5.74, 6) is 0. The molecule has 5 N–H and O–H groups in total. The molecule has 3 heteroatoms. The van der Waals surface area contributed by atoms with Crippen molar-refractivity contribution < 1.29 is 0 Å². The fourth-order valence-corrected chi connectivity index (χ4v) is 2.32. The van der Waals surface area contributed by atoms with Crippen LogP contribution in [0.2, 0.25) is 0 Å². The lowest BCUT2D eigenvalue weighted by Crippen LogP contribution is -1.93. The molecule has 3 rings (SSSR count). The van der Waals surface area contributed by atoms with Crippen molar-refractivity contribution in [3.05, 3.63) is 83.2 Å². The van der Waals surface area contributed by atoms with Crippen LogP contribution in [0.3, 0.4) is 0 Å². The summed E-state index contributed by atoms with van der Waals surface area (Å²) in [6.07, 6.45) is 7.16. The molecule has 0 spiro atoms. The van der Waals surface area contributed by atoms with Gasteiger partial charge in [0, 0.05) is 11.9 Å². The monoisotopic (exact) mass is 319 g/mol. The number of anilines is 2. The Balaban J connectivity index is 0.000000219. The van der Waals surface area contributed by atoms with Crippen molar-refractivity contribution in [2.24, 2.45) is 0 Å². The molecule has 0 aliphatic carbocycles. The van der Waals surface area contributed by atoms with Crippen molar-refractivity contribution in [3.63, 3.8) is 0 Å². The summed E-state index contributed by atoms with van der Waals surface area (Å²) < 4.78 is 0. The van der Waals surface area contributed by atoms with Crippen molar-refractivity contribution in [2.75, 3.05) is 11.5 Å². The zero-order valence-electron chi connectivity index (χ0n) is 14.3. The molecule has 0 aliphatic heterocycles. The molecule has 0 fully saturated rings. The Morgan fingerprint density at radius 1 is 0.875 bits per heavy atom. The molecule has 3 nitrogen and oxygen atoms in total. The normalized spacial score (nSPS) is 10.4. The minimum absolute atomic E-state index is 0.621. The highest BCUT2D eigenvalue weighted by Gasteiger charge is 1.94. The highest BCUT2D eigenvalue weighted by Crippen LogP contribution is 2.17. The fourth-order valence-electron chi connectivity index (χ4n) is 2.32. The second kappa shape index (κ2) is 8.63. The maximum Gasteiger partial charge on any atom is 0.0553 e. The van der Waals surface area contributed by atoms with E-state index >= 15 is 0 Å². The van der Waals surface area contributed by atoms with Crippen LogP contribution in [0.15, 0.2) is 60.8 Å². The largest absolute Gasteiger partial charge is 0.397 e. The van der Waals surface area contributed by atoms with Crippen LogP contribution >= 0.6 is 0 Å². The number of rotatable bonds is 3. The second-order valence-electron chi connectivity index (χ2n) is 5.63. The van der Waals surface area contributed by atoms with Crippen LogP contribution in [0.1, 0.15) is 29.3 Å². The van der Waals surface area contributed by atoms with Crippen LogP contribution in [-0.4, -0.2) is 4.98 Å². The lowest BCUT2D eigenvalue weighted by molar-refractivity contribution is 1.04. The number of hydrogen-bond donors (Lipinski definition) is 3. The SMILES string of the molecule is CCc1[nH]ccc1C.Nc1ccc(C=Cc2ccccc2)cc1N. The average Bonchev–Trinajstić information content (AvgIpc) is 3.02. The molecule has 24 heavy (non-hydrogen) atoms. The Morgan fingerprint density at radius 2 is 1.58 bits per heavy atom. The van der Waals surface area contributed by atoms with Crippen LogP contribution in [0.25, 0.3) is 12.2 Å². The lowest BCUT2D eigenvalue weighted by Gasteiger charge is -2.00. The maximum absolute atomic E-state index is 5.73. The van der Waals surface area contributed by atoms with E-state index < -0.39 is 0 Å². The van der Waals surface area contributed by atoms with E-state index in [0.29, 0.717) is 11.4 Å². The van der Waals surface area contributed by atoms with Crippen molar-refractivity contribution >= 4 is 23.5 Å². The Labute approximate surface area is 144 Å². The minimum Gasteiger partial charge on any atom is -0.397 e. The molecular formula is C21H25N3. The number of benzene rings is 2. The van der Waals surface area contributed by atoms with Gasteiger partial charge in [0.05, 0.1) is 11.4 Å². The van der Waals surface area contributed by atoms with Crippen molar-refractivity contribution in [1.29, 1.82) is 0 Å². The third-order valence-electron chi connectivity index (χ3n) is 3.80. The van der Waals surface area contributed by atoms with Crippen LogP contribution in [-0.2, 0) is 6.42 Å². The lowest BCUT2D eigenvalue weighted by atomic mass is 10.1. The van der Waals surface area contributed by atoms with Crippen LogP contribution in [0.5, 0.6) is 0 Å². The molecule has 1 heterocycles. The van der Waals surface area contributed by atoms with Crippen molar-refractivity contribution in [3.8, 4) is 0 Å². The van der Waals surface area contributed by atoms with Gasteiger partial charge in [0.25, 0.3) is 0 Å². The summed E-state index contributed by atoms with van der Waals surface area (Å²) in [5.41, 5.74) is 17.6. The van der Waals surface area contributed by atoms with Gasteiger partial charge in [0.1, 0.15) is 0 Å². The topological polar surface area (TPSA) is 67.8 Å². The number of aromatic nitrogens is 1. The third-order valence-corrected chi connectivity index (χ3v) is 3.80. The average molecular weight is 319 g/mol. The predicted octanol–water partition coefficient (Wildman–Crippen LogP) is 4.91. The van der Waals surface area contributed by atoms with E-state index in [4.69, 9.17) is 11.5 Å². The Morgan fingerprint density at radius 3 is 2.12 bits per heavy atom. The number of nitrogen functional groups attached to an aromatic ring is 2. The van der Waals surface area contributed by atoms with Crippen LogP contribution in [0.4, 0.5) is 11.4 Å². The summed E-state index contributed by atoms with van der Waals surface area (Å²) in [5, 5.41) is 0. The standard InChI is InChI=1S/C14H14N2.C7H11N/c15-13-9-8-12(10-14(13)16)7-6-11-4-2-1-3-5-11;1-3-7-6(2)4-5-8-7/h1-10H,15-16H2;4-5,8H,3H2,1-2H3. The molecule has 0 unspecified atom stereocenters. The van der Waals surface area contributed by atoms with E-state index in [1.165, 1.54) is 11.3 Å². The van der Waals surface area contributed by atoms with E-state index in [-0.39, 0.29) is 0 Å². The van der Waals surface area contributed by atoms with E-state index in [0.717, 1.165) is 17.5 Å². The van der Waals surface area contributed by atoms with Crippen molar-refractivity contribution in [2.45, 2.75) is 20.3 Å². The first-order valence-corrected chi connectivity index (χ1v) is 8.11. The molecule has 124 valence electrons. The van der Waals surface area contributed by atoms with E-state index in [1.54, 1.807) is 0 Å². The van der Waals surface area contributed by atoms with Gasteiger partial charge >= 0.3 is 0 Å². The smallest absolute Gasteiger partial charge is 0.0553 e. The van der Waals surface area contributed by atoms with E-state index in [9.17, 15) is 0 Å². The summed E-state index contributed by atoms with van der Waals surface area (Å²) in [4.78, 5) is 3.16. The van der Waals surface area contributed by atoms with Gasteiger partial charge in [-0.1, -0.05) is 55.5 Å². The number of aryl methyl sites for hydroxylation is 2. The Hall–Kier alpha value is -2.94. The van der Waals surface area contributed by atoms with Gasteiger partial charge in [-0.25, -0.2) is 0 Å². The predicted molar refractivity (Wildman–Crippen MR) is 106 cm³/mol. The number of aromatic amines is 1. The summed E-state index contributed by atoms with van der Waals surface area (Å²) in [6, 6.07) is 17.9. The number of nitrogens with two attached hydrogens (primary N) is 2. The van der Waals surface area contributed by atoms with Crippen LogP contribution < -0.4 is 11.5 Å². The molecule has 0 amide bonds. The molecule has 1 aromatic heterocycles. The zero-order valence-corrected chi connectivity index (χ0v) is 14.3. The quantitative estimate of drug-likeness (QED) is 0.474. The van der Waals surface area contributed by atoms with E-state index in [2.05, 4.69) is 37.0 Å². The first-order valence-electron chi connectivity index (χ1n) is 8.11. The van der Waals surface area contributed by atoms with Gasteiger partial charge in [-0.15, -0.1) is 0 Å². The maximum atomic E-state index is 5.73. The first-order chi connectivity index (χ1) is 11.6. The fraction of sp³-hybridized carbons (Fsp3) is 0.143. The molecule has 3 aromatic rings. The van der Waals surface area contributed by atoms with Gasteiger partial charge in [0.15, 0.2) is 0 Å². The molecule has 0 saturated carbocycles. The van der Waals surface area contributed by atoms with Gasteiger partial charge in [-0.3, -0.25) is 0 Å². The molecule has 0 atom stereocenters. The first kappa shape index (κ1) is 17.4. The van der Waals surface area contributed by atoms with Gasteiger partial charge in [0.2, 0.25) is 0 Å². The highest BCUT2D eigenvalue weighted by molar-refractivity contribution is 5.74. The number of hydrogen-bond acceptors (Lipinski definition) is 2.